The van der Waals surface area contributed by atoms with E-state index in [2.05, 4.69) is 42.5 Å². The topological polar surface area (TPSA) is 64.5 Å². The molecule has 0 aliphatic carbocycles. The maximum Gasteiger partial charge on any atom is 0.164 e. The van der Waals surface area contributed by atoms with Gasteiger partial charge in [-0.25, -0.2) is 24.9 Å². The van der Waals surface area contributed by atoms with Crippen LogP contribution in [0.5, 0.6) is 0 Å². The Morgan fingerprint density at radius 1 is 0.381 bits per heavy atom. The predicted molar refractivity (Wildman–Crippen MR) is 169 cm³/mol. The zero-order valence-corrected chi connectivity index (χ0v) is 23.8. The van der Waals surface area contributed by atoms with E-state index in [1.54, 1.807) is 23.5 Å². The quantitative estimate of drug-likeness (QED) is 0.207. The zero-order valence-electron chi connectivity index (χ0n) is 22.2. The smallest absolute Gasteiger partial charge is 0.164 e. The summed E-state index contributed by atoms with van der Waals surface area (Å²) in [5.74, 6) is 1.90. The van der Waals surface area contributed by atoms with Gasteiger partial charge in [-0.3, -0.25) is 0 Å². The number of hydrogen-bond donors (Lipinski definition) is 0. The molecular formula is C35H21N5S2. The lowest BCUT2D eigenvalue weighted by molar-refractivity contribution is 0.953. The van der Waals surface area contributed by atoms with Crippen molar-refractivity contribution in [1.29, 1.82) is 0 Å². The molecule has 0 bridgehead atoms. The Labute approximate surface area is 251 Å². The first-order chi connectivity index (χ1) is 20.8. The molecule has 3 heterocycles. The van der Waals surface area contributed by atoms with Crippen LogP contribution in [0.2, 0.25) is 0 Å². The van der Waals surface area contributed by atoms with Crippen molar-refractivity contribution in [2.75, 3.05) is 0 Å². The van der Waals surface area contributed by atoms with Gasteiger partial charge in [0.25, 0.3) is 0 Å². The number of para-hydroxylation sites is 1. The first kappa shape index (κ1) is 24.9. The van der Waals surface area contributed by atoms with Gasteiger partial charge in [-0.2, -0.15) is 0 Å². The average molecular weight is 576 g/mol. The minimum absolute atomic E-state index is 0.622. The first-order valence-electron chi connectivity index (χ1n) is 13.5. The van der Waals surface area contributed by atoms with E-state index < -0.39 is 0 Å². The largest absolute Gasteiger partial charge is 0.237 e. The molecular weight excluding hydrogens is 555 g/mol. The van der Waals surface area contributed by atoms with E-state index in [9.17, 15) is 0 Å². The summed E-state index contributed by atoms with van der Waals surface area (Å²) in [5, 5.41) is 1.89. The lowest BCUT2D eigenvalue weighted by atomic mass is 10.0. The predicted octanol–water partition coefficient (Wildman–Crippen LogP) is 9.10. The van der Waals surface area contributed by atoms with Gasteiger partial charge >= 0.3 is 0 Å². The van der Waals surface area contributed by atoms with Crippen LogP contribution in [0.25, 0.3) is 56.3 Å². The Hall–Kier alpha value is -4.85. The third kappa shape index (κ3) is 4.62. The van der Waals surface area contributed by atoms with Gasteiger partial charge in [-0.1, -0.05) is 127 Å². The van der Waals surface area contributed by atoms with Crippen LogP contribution in [0.4, 0.5) is 0 Å². The highest BCUT2D eigenvalue weighted by Gasteiger charge is 2.21. The fraction of sp³-hybridized carbons (Fsp3) is 0. The summed E-state index contributed by atoms with van der Waals surface area (Å²) in [4.78, 5) is 27.3. The van der Waals surface area contributed by atoms with Crippen LogP contribution < -0.4 is 0 Å². The molecule has 2 aromatic heterocycles. The molecule has 7 aromatic rings. The Morgan fingerprint density at radius 3 is 1.52 bits per heavy atom. The van der Waals surface area contributed by atoms with Gasteiger partial charge in [0.15, 0.2) is 17.5 Å². The molecule has 0 saturated carbocycles. The fourth-order valence-corrected chi connectivity index (χ4v) is 7.10. The van der Waals surface area contributed by atoms with Crippen LogP contribution in [-0.4, -0.2) is 24.9 Å². The van der Waals surface area contributed by atoms with Crippen LogP contribution in [0.3, 0.4) is 0 Å². The van der Waals surface area contributed by atoms with Crippen molar-refractivity contribution >= 4 is 34.6 Å². The molecule has 7 heteroatoms. The summed E-state index contributed by atoms with van der Waals surface area (Å²) in [5.41, 5.74) is 6.61. The summed E-state index contributed by atoms with van der Waals surface area (Å²) in [6, 6.07) is 43.0. The maximum absolute atomic E-state index is 5.14. The second-order valence-corrected chi connectivity index (χ2v) is 11.8. The van der Waals surface area contributed by atoms with E-state index >= 15 is 0 Å². The Bertz CT molecular complexity index is 2040. The van der Waals surface area contributed by atoms with E-state index in [0.717, 1.165) is 48.9 Å². The number of nitrogens with zero attached hydrogens (tertiary/aromatic N) is 5. The molecule has 0 spiro atoms. The van der Waals surface area contributed by atoms with Crippen molar-refractivity contribution < 1.29 is 0 Å². The normalized spacial score (nSPS) is 12.1. The highest BCUT2D eigenvalue weighted by Crippen LogP contribution is 2.47. The fourth-order valence-electron chi connectivity index (χ4n) is 5.00. The van der Waals surface area contributed by atoms with Gasteiger partial charge < -0.3 is 0 Å². The minimum atomic E-state index is 0.622. The second-order valence-electron chi connectivity index (χ2n) is 9.78. The van der Waals surface area contributed by atoms with Crippen LogP contribution in [0.1, 0.15) is 0 Å². The molecule has 0 unspecified atom stereocenters. The molecule has 0 N–H and O–H groups in total. The highest BCUT2D eigenvalue weighted by atomic mass is 32.2. The lowest BCUT2D eigenvalue weighted by Gasteiger charge is -2.17. The summed E-state index contributed by atoms with van der Waals surface area (Å²) in [6.45, 7) is 0. The average Bonchev–Trinajstić information content (AvgIpc) is 3.07. The first-order valence-corrected chi connectivity index (χ1v) is 15.1. The zero-order chi connectivity index (χ0) is 27.9. The van der Waals surface area contributed by atoms with E-state index in [-0.39, 0.29) is 0 Å². The van der Waals surface area contributed by atoms with Crippen molar-refractivity contribution in [3.63, 3.8) is 0 Å². The second kappa shape index (κ2) is 10.5. The van der Waals surface area contributed by atoms with Gasteiger partial charge in [0, 0.05) is 32.0 Å². The van der Waals surface area contributed by atoms with Gasteiger partial charge in [0.1, 0.15) is 10.1 Å². The van der Waals surface area contributed by atoms with Crippen molar-refractivity contribution in [3.05, 3.63) is 127 Å². The summed E-state index contributed by atoms with van der Waals surface area (Å²) in [6.07, 6.45) is 0. The molecule has 0 amide bonds. The molecule has 8 rings (SSSR count). The van der Waals surface area contributed by atoms with Gasteiger partial charge in [0.2, 0.25) is 0 Å². The third-order valence-electron chi connectivity index (χ3n) is 7.03. The molecule has 1 aliphatic rings. The van der Waals surface area contributed by atoms with Gasteiger partial charge in [-0.05, 0) is 29.8 Å². The molecule has 0 saturated heterocycles. The highest BCUT2D eigenvalue weighted by molar-refractivity contribution is 8.05. The molecule has 1 aliphatic heterocycles. The van der Waals surface area contributed by atoms with Crippen LogP contribution >= 0.6 is 23.5 Å². The van der Waals surface area contributed by atoms with Crippen LogP contribution in [-0.2, 0) is 0 Å². The summed E-state index contributed by atoms with van der Waals surface area (Å²) < 4.78 is 0. The number of rotatable bonds is 4. The minimum Gasteiger partial charge on any atom is -0.237 e. The monoisotopic (exact) mass is 575 g/mol. The number of hydrogen-bond acceptors (Lipinski definition) is 7. The Balaban J connectivity index is 1.25. The number of fused-ring (bicyclic) bond motifs is 3. The van der Waals surface area contributed by atoms with Gasteiger partial charge in [0.05, 0.1) is 11.0 Å². The van der Waals surface area contributed by atoms with E-state index in [1.807, 2.05) is 84.9 Å². The third-order valence-corrected chi connectivity index (χ3v) is 9.39. The summed E-state index contributed by atoms with van der Waals surface area (Å²) in [7, 11) is 0. The lowest BCUT2D eigenvalue weighted by Crippen LogP contribution is -2.00. The van der Waals surface area contributed by atoms with E-state index in [1.165, 1.54) is 9.79 Å². The molecule has 198 valence electrons. The van der Waals surface area contributed by atoms with Crippen molar-refractivity contribution in [3.8, 4) is 45.3 Å². The Kier molecular flexibility index (Phi) is 6.24. The number of benzene rings is 5. The molecule has 0 fully saturated rings. The van der Waals surface area contributed by atoms with E-state index in [4.69, 9.17) is 24.9 Å². The van der Waals surface area contributed by atoms with Gasteiger partial charge in [-0.15, -0.1) is 0 Å². The maximum atomic E-state index is 5.14. The van der Waals surface area contributed by atoms with Crippen molar-refractivity contribution in [1.82, 2.24) is 24.9 Å². The van der Waals surface area contributed by atoms with Crippen molar-refractivity contribution in [2.24, 2.45) is 0 Å². The summed E-state index contributed by atoms with van der Waals surface area (Å²) >= 11 is 3.36. The molecule has 5 aromatic carbocycles. The SMILES string of the molecule is c1ccc(-c2nc(-c3ccccc3)nc(-c3cccc(-c4cccc5nc6c(nc45)Sc4ccccc4S6)c3)n2)cc1. The molecule has 0 atom stereocenters. The van der Waals surface area contributed by atoms with E-state index in [0.29, 0.717) is 17.5 Å². The van der Waals surface area contributed by atoms with Crippen LogP contribution in [0, 0.1) is 0 Å². The number of aromatic nitrogens is 5. The molecule has 42 heavy (non-hydrogen) atoms. The standard InChI is InChI=1S/C35H21N5S2/c1-3-11-22(12-4-1)31-38-32(23-13-5-2-6-14-23)40-33(39-31)25-16-9-15-24(21-25)26-17-10-18-27-30(26)37-35-34(36-27)41-28-19-7-8-20-29(28)42-35/h1-21H. The van der Waals surface area contributed by atoms with Crippen molar-refractivity contribution in [2.45, 2.75) is 19.8 Å². The molecule has 5 nitrogen and oxygen atoms in total. The Morgan fingerprint density at radius 2 is 0.881 bits per heavy atom. The van der Waals surface area contributed by atoms with Crippen LogP contribution in [0.15, 0.2) is 147 Å². The molecule has 0 radical (unpaired) electrons.